The molecule has 0 saturated carbocycles. The van der Waals surface area contributed by atoms with Crippen LogP contribution in [-0.4, -0.2) is 30.8 Å². The van der Waals surface area contributed by atoms with Gasteiger partial charge in [-0.2, -0.15) is 5.10 Å². The summed E-state index contributed by atoms with van der Waals surface area (Å²) in [6, 6.07) is 1.28. The van der Waals surface area contributed by atoms with Crippen molar-refractivity contribution in [1.29, 1.82) is 0 Å². The molecule has 0 fully saturated rings. The molecule has 0 unspecified atom stereocenters. The molecule has 9 heteroatoms. The first kappa shape index (κ1) is 13.1. The number of nitrogens with zero attached hydrogens (tertiary/aromatic N) is 4. The standard InChI is InChI=1S/C10H7BrN4O4/c1-5-7(10(16)17)4-14(13-5)9-8(15(18)19)2-6(11)3-12-9/h2-4H,1H3,(H,16,17). The quantitative estimate of drug-likeness (QED) is 0.681. The highest BCUT2D eigenvalue weighted by Crippen LogP contribution is 2.24. The Labute approximate surface area is 115 Å². The minimum atomic E-state index is -1.15. The summed E-state index contributed by atoms with van der Waals surface area (Å²) in [5, 5.41) is 23.8. The Morgan fingerprint density at radius 3 is 2.79 bits per heavy atom. The van der Waals surface area contributed by atoms with E-state index < -0.39 is 10.9 Å². The van der Waals surface area contributed by atoms with Crippen LogP contribution in [0.1, 0.15) is 16.1 Å². The number of rotatable bonds is 3. The molecule has 0 aliphatic carbocycles. The number of carboxylic acids is 1. The van der Waals surface area contributed by atoms with Gasteiger partial charge in [0.05, 0.1) is 10.6 Å². The minimum Gasteiger partial charge on any atom is -0.478 e. The molecule has 0 aliphatic heterocycles. The summed E-state index contributed by atoms with van der Waals surface area (Å²) in [7, 11) is 0. The van der Waals surface area contributed by atoms with Crippen molar-refractivity contribution in [1.82, 2.24) is 14.8 Å². The molecule has 0 radical (unpaired) electrons. The monoisotopic (exact) mass is 326 g/mol. The van der Waals surface area contributed by atoms with Gasteiger partial charge >= 0.3 is 11.7 Å². The normalized spacial score (nSPS) is 10.4. The predicted molar refractivity (Wildman–Crippen MR) is 67.4 cm³/mol. The molecule has 2 aromatic rings. The molecule has 98 valence electrons. The van der Waals surface area contributed by atoms with E-state index in [2.05, 4.69) is 26.0 Å². The Hall–Kier alpha value is -2.29. The second kappa shape index (κ2) is 4.76. The molecular formula is C10H7BrN4O4. The van der Waals surface area contributed by atoms with Crippen LogP contribution in [0.25, 0.3) is 5.82 Å². The molecule has 1 N–H and O–H groups in total. The maximum atomic E-state index is 11.0. The number of hydrogen-bond acceptors (Lipinski definition) is 5. The fraction of sp³-hybridized carbons (Fsp3) is 0.100. The van der Waals surface area contributed by atoms with Crippen LogP contribution in [0.3, 0.4) is 0 Å². The SMILES string of the molecule is Cc1nn(-c2ncc(Br)cc2[N+](=O)[O-])cc1C(=O)O. The molecule has 0 spiro atoms. The van der Waals surface area contributed by atoms with Gasteiger partial charge in [0.15, 0.2) is 0 Å². The number of hydrogen-bond donors (Lipinski definition) is 1. The Morgan fingerprint density at radius 2 is 2.26 bits per heavy atom. The molecule has 0 amide bonds. The van der Waals surface area contributed by atoms with Crippen LogP contribution in [0.4, 0.5) is 5.69 Å². The Morgan fingerprint density at radius 1 is 1.58 bits per heavy atom. The van der Waals surface area contributed by atoms with Gasteiger partial charge in [-0.1, -0.05) is 0 Å². The van der Waals surface area contributed by atoms with E-state index in [1.807, 2.05) is 0 Å². The molecule has 0 saturated heterocycles. The summed E-state index contributed by atoms with van der Waals surface area (Å²) in [6.07, 6.45) is 2.57. The molecular weight excluding hydrogens is 320 g/mol. The molecule has 0 bridgehead atoms. The third-order valence-electron chi connectivity index (χ3n) is 2.36. The first-order valence-electron chi connectivity index (χ1n) is 5.00. The zero-order valence-corrected chi connectivity index (χ0v) is 11.2. The van der Waals surface area contributed by atoms with Crippen molar-refractivity contribution in [3.05, 3.63) is 44.3 Å². The van der Waals surface area contributed by atoms with Crippen molar-refractivity contribution in [2.45, 2.75) is 6.92 Å². The number of halogens is 1. The second-order valence-electron chi connectivity index (χ2n) is 3.63. The van der Waals surface area contributed by atoms with Crippen molar-refractivity contribution in [2.75, 3.05) is 0 Å². The van der Waals surface area contributed by atoms with Crippen LogP contribution < -0.4 is 0 Å². The van der Waals surface area contributed by atoms with Crippen LogP contribution in [0.5, 0.6) is 0 Å². The van der Waals surface area contributed by atoms with E-state index in [0.29, 0.717) is 4.47 Å². The summed E-state index contributed by atoms with van der Waals surface area (Å²) in [4.78, 5) is 25.2. The van der Waals surface area contributed by atoms with Crippen molar-refractivity contribution >= 4 is 27.6 Å². The second-order valence-corrected chi connectivity index (χ2v) is 4.55. The fourth-order valence-corrected chi connectivity index (χ4v) is 1.83. The summed E-state index contributed by atoms with van der Waals surface area (Å²) >= 11 is 3.09. The van der Waals surface area contributed by atoms with Crippen LogP contribution in [0.15, 0.2) is 22.9 Å². The van der Waals surface area contributed by atoms with E-state index in [0.717, 1.165) is 4.68 Å². The van der Waals surface area contributed by atoms with E-state index in [-0.39, 0.29) is 22.8 Å². The number of aromatic carboxylic acids is 1. The lowest BCUT2D eigenvalue weighted by Gasteiger charge is -2.01. The van der Waals surface area contributed by atoms with Gasteiger partial charge in [0, 0.05) is 22.9 Å². The van der Waals surface area contributed by atoms with Gasteiger partial charge in [-0.05, 0) is 22.9 Å². The van der Waals surface area contributed by atoms with Gasteiger partial charge in [-0.25, -0.2) is 14.5 Å². The van der Waals surface area contributed by atoms with E-state index in [1.54, 1.807) is 0 Å². The third-order valence-corrected chi connectivity index (χ3v) is 2.79. The van der Waals surface area contributed by atoms with Crippen LogP contribution in [0.2, 0.25) is 0 Å². The average molecular weight is 327 g/mol. The molecule has 0 atom stereocenters. The first-order chi connectivity index (χ1) is 8.90. The van der Waals surface area contributed by atoms with Crippen molar-refractivity contribution in [2.24, 2.45) is 0 Å². The van der Waals surface area contributed by atoms with E-state index >= 15 is 0 Å². The molecule has 8 nitrogen and oxygen atoms in total. The lowest BCUT2D eigenvalue weighted by molar-refractivity contribution is -0.385. The van der Waals surface area contributed by atoms with Gasteiger partial charge in [0.1, 0.15) is 5.56 Å². The lowest BCUT2D eigenvalue weighted by atomic mass is 10.3. The summed E-state index contributed by atoms with van der Waals surface area (Å²) in [5.41, 5.74) is -0.0423. The predicted octanol–water partition coefficient (Wildman–Crippen LogP) is 1.94. The number of nitro groups is 1. The van der Waals surface area contributed by atoms with Gasteiger partial charge in [0.2, 0.25) is 5.82 Å². The van der Waals surface area contributed by atoms with Gasteiger partial charge in [-0.15, -0.1) is 0 Å². The van der Waals surface area contributed by atoms with Crippen LogP contribution >= 0.6 is 15.9 Å². The van der Waals surface area contributed by atoms with Crippen molar-refractivity contribution < 1.29 is 14.8 Å². The molecule has 19 heavy (non-hydrogen) atoms. The number of carboxylic acid groups (broad SMARTS) is 1. The third kappa shape index (κ3) is 2.45. The molecule has 0 aromatic carbocycles. The maximum absolute atomic E-state index is 11.0. The molecule has 2 aromatic heterocycles. The highest BCUT2D eigenvalue weighted by atomic mass is 79.9. The Balaban J connectivity index is 2.62. The van der Waals surface area contributed by atoms with Crippen molar-refractivity contribution in [3.63, 3.8) is 0 Å². The number of aryl methyl sites for hydroxylation is 1. The topological polar surface area (TPSA) is 111 Å². The van der Waals surface area contributed by atoms with Gasteiger partial charge in [0.25, 0.3) is 0 Å². The smallest absolute Gasteiger partial charge is 0.339 e. The maximum Gasteiger partial charge on any atom is 0.339 e. The highest BCUT2D eigenvalue weighted by molar-refractivity contribution is 9.10. The summed E-state index contributed by atoms with van der Waals surface area (Å²) < 4.78 is 1.54. The zero-order valence-electron chi connectivity index (χ0n) is 9.57. The van der Waals surface area contributed by atoms with E-state index in [4.69, 9.17) is 5.11 Å². The summed E-state index contributed by atoms with van der Waals surface area (Å²) in [6.45, 7) is 1.50. The van der Waals surface area contributed by atoms with Crippen LogP contribution in [-0.2, 0) is 0 Å². The Bertz CT molecular complexity index is 682. The Kier molecular flexibility index (Phi) is 3.30. The highest BCUT2D eigenvalue weighted by Gasteiger charge is 2.21. The van der Waals surface area contributed by atoms with E-state index in [1.165, 1.54) is 25.4 Å². The van der Waals surface area contributed by atoms with Crippen molar-refractivity contribution in [3.8, 4) is 5.82 Å². The first-order valence-corrected chi connectivity index (χ1v) is 5.79. The van der Waals surface area contributed by atoms with Gasteiger partial charge in [-0.3, -0.25) is 10.1 Å². The largest absolute Gasteiger partial charge is 0.478 e. The number of pyridine rings is 1. The average Bonchev–Trinajstić information content (AvgIpc) is 2.71. The molecule has 0 aliphatic rings. The zero-order chi connectivity index (χ0) is 14.2. The summed E-state index contributed by atoms with van der Waals surface area (Å²) in [5.74, 6) is -1.19. The minimum absolute atomic E-state index is 0.0287. The molecule has 2 rings (SSSR count). The van der Waals surface area contributed by atoms with E-state index in [9.17, 15) is 14.9 Å². The number of carbonyl (C=O) groups is 1. The van der Waals surface area contributed by atoms with Gasteiger partial charge < -0.3 is 5.11 Å². The fourth-order valence-electron chi connectivity index (χ4n) is 1.51. The lowest BCUT2D eigenvalue weighted by Crippen LogP contribution is -2.03. The van der Waals surface area contributed by atoms with Crippen LogP contribution in [0, 0.1) is 17.0 Å². The molecule has 2 heterocycles. The number of aromatic nitrogens is 3.